The molecule has 1 aromatic carbocycles. The van der Waals surface area contributed by atoms with Crippen molar-refractivity contribution in [1.82, 2.24) is 15.2 Å². The normalized spacial score (nSPS) is 10.3. The van der Waals surface area contributed by atoms with Crippen molar-refractivity contribution in [3.8, 4) is 11.6 Å². The molecule has 0 unspecified atom stereocenters. The quantitative estimate of drug-likeness (QED) is 0.727. The smallest absolute Gasteiger partial charge is 0.258 e. The average molecular weight is 373 g/mol. The molecule has 3 aromatic rings. The second-order valence-electron chi connectivity index (χ2n) is 4.83. The molecule has 1 amide bonds. The number of hydrogen-bond acceptors (Lipinski definition) is 4. The molecule has 0 aliphatic rings. The number of rotatable bonds is 4. The van der Waals surface area contributed by atoms with Crippen molar-refractivity contribution in [3.63, 3.8) is 0 Å². The topological polar surface area (TPSA) is 79.9 Å². The van der Waals surface area contributed by atoms with E-state index in [2.05, 4.69) is 36.4 Å². The van der Waals surface area contributed by atoms with Gasteiger partial charge in [0.25, 0.3) is 5.91 Å². The van der Waals surface area contributed by atoms with Crippen molar-refractivity contribution in [1.29, 1.82) is 0 Å². The number of aromatic amines is 1. The van der Waals surface area contributed by atoms with Crippen LogP contribution in [0.5, 0.6) is 11.6 Å². The fraction of sp³-hybridized carbons (Fsp3) is 0.0625. The van der Waals surface area contributed by atoms with Crippen molar-refractivity contribution >= 4 is 27.7 Å². The molecule has 2 heterocycles. The Balaban J connectivity index is 1.68. The third-order valence-electron chi connectivity index (χ3n) is 2.96. The van der Waals surface area contributed by atoms with E-state index in [0.29, 0.717) is 23.0 Å². The Kier molecular flexibility index (Phi) is 4.38. The Hall–Kier alpha value is -2.67. The molecule has 2 aromatic heterocycles. The second kappa shape index (κ2) is 6.62. The van der Waals surface area contributed by atoms with Crippen molar-refractivity contribution in [2.24, 2.45) is 0 Å². The number of amides is 1. The Bertz CT molecular complexity index is 830. The number of ether oxygens (including phenoxy) is 1. The number of carbonyl (C=O) groups excluding carboxylic acids is 1. The van der Waals surface area contributed by atoms with E-state index in [1.165, 1.54) is 6.20 Å². The SMILES string of the molecule is Cc1cc(NC(=O)c2ccc(Oc3cccc(Br)c3)nc2)n[nH]1. The number of halogens is 1. The van der Waals surface area contributed by atoms with Crippen LogP contribution in [0.1, 0.15) is 16.1 Å². The van der Waals surface area contributed by atoms with Gasteiger partial charge in [0.1, 0.15) is 5.75 Å². The van der Waals surface area contributed by atoms with Gasteiger partial charge in [0.2, 0.25) is 5.88 Å². The largest absolute Gasteiger partial charge is 0.439 e. The lowest BCUT2D eigenvalue weighted by Crippen LogP contribution is -2.12. The summed E-state index contributed by atoms with van der Waals surface area (Å²) in [5.74, 6) is 1.27. The fourth-order valence-corrected chi connectivity index (χ4v) is 2.28. The highest BCUT2D eigenvalue weighted by Gasteiger charge is 2.09. The second-order valence-corrected chi connectivity index (χ2v) is 5.75. The molecule has 0 radical (unpaired) electrons. The minimum absolute atomic E-state index is 0.280. The number of hydrogen-bond donors (Lipinski definition) is 2. The van der Waals surface area contributed by atoms with Gasteiger partial charge in [-0.1, -0.05) is 22.0 Å². The molecule has 23 heavy (non-hydrogen) atoms. The summed E-state index contributed by atoms with van der Waals surface area (Å²) in [5, 5.41) is 9.41. The summed E-state index contributed by atoms with van der Waals surface area (Å²) in [4.78, 5) is 16.2. The van der Waals surface area contributed by atoms with Crippen LogP contribution in [0.2, 0.25) is 0 Å². The molecular formula is C16H13BrN4O2. The van der Waals surface area contributed by atoms with Gasteiger partial charge in [-0.3, -0.25) is 9.89 Å². The van der Waals surface area contributed by atoms with E-state index in [4.69, 9.17) is 4.74 Å². The summed E-state index contributed by atoms with van der Waals surface area (Å²) in [6.45, 7) is 1.86. The Labute approximate surface area is 141 Å². The fourth-order valence-electron chi connectivity index (χ4n) is 1.90. The lowest BCUT2D eigenvalue weighted by Gasteiger charge is -2.06. The molecule has 116 valence electrons. The summed E-state index contributed by atoms with van der Waals surface area (Å²) in [5.41, 5.74) is 1.29. The lowest BCUT2D eigenvalue weighted by molar-refractivity contribution is 0.102. The molecule has 3 rings (SSSR count). The number of nitrogens with one attached hydrogen (secondary N) is 2. The number of nitrogens with zero attached hydrogens (tertiary/aromatic N) is 2. The van der Waals surface area contributed by atoms with Gasteiger partial charge in [0.05, 0.1) is 5.56 Å². The molecule has 2 N–H and O–H groups in total. The maximum Gasteiger partial charge on any atom is 0.258 e. The van der Waals surface area contributed by atoms with E-state index in [9.17, 15) is 4.79 Å². The minimum Gasteiger partial charge on any atom is -0.439 e. The van der Waals surface area contributed by atoms with Crippen molar-refractivity contribution in [2.75, 3.05) is 5.32 Å². The summed E-state index contributed by atoms with van der Waals surface area (Å²) < 4.78 is 6.54. The molecule has 0 atom stereocenters. The van der Waals surface area contributed by atoms with Gasteiger partial charge in [-0.2, -0.15) is 5.10 Å². The first-order valence-corrected chi connectivity index (χ1v) is 7.62. The van der Waals surface area contributed by atoms with Crippen LogP contribution in [-0.4, -0.2) is 21.1 Å². The predicted molar refractivity (Wildman–Crippen MR) is 89.7 cm³/mol. The van der Waals surface area contributed by atoms with Crippen LogP contribution >= 0.6 is 15.9 Å². The van der Waals surface area contributed by atoms with E-state index in [-0.39, 0.29) is 5.91 Å². The van der Waals surface area contributed by atoms with Crippen LogP contribution in [-0.2, 0) is 0 Å². The van der Waals surface area contributed by atoms with E-state index >= 15 is 0 Å². The van der Waals surface area contributed by atoms with E-state index < -0.39 is 0 Å². The lowest BCUT2D eigenvalue weighted by atomic mass is 10.2. The molecule has 0 bridgehead atoms. The molecule has 0 aliphatic heterocycles. The van der Waals surface area contributed by atoms with Gasteiger partial charge in [0.15, 0.2) is 5.82 Å². The van der Waals surface area contributed by atoms with Crippen LogP contribution < -0.4 is 10.1 Å². The molecule has 0 spiro atoms. The number of carbonyl (C=O) groups is 1. The standard InChI is InChI=1S/C16H13BrN4O2/c1-10-7-14(21-20-10)19-16(22)11-5-6-15(18-9-11)23-13-4-2-3-12(17)8-13/h2-9H,1H3,(H2,19,20,21,22). The van der Waals surface area contributed by atoms with Gasteiger partial charge < -0.3 is 10.1 Å². The highest BCUT2D eigenvalue weighted by Crippen LogP contribution is 2.23. The first-order chi connectivity index (χ1) is 11.1. The number of benzene rings is 1. The van der Waals surface area contributed by atoms with Gasteiger partial charge in [-0.25, -0.2) is 4.98 Å². The molecule has 6 nitrogen and oxygen atoms in total. The van der Waals surface area contributed by atoms with Crippen molar-refractivity contribution < 1.29 is 9.53 Å². The summed E-state index contributed by atoms with van der Waals surface area (Å²) in [6, 6.07) is 12.5. The number of aromatic nitrogens is 3. The first kappa shape index (κ1) is 15.2. The maximum atomic E-state index is 12.1. The van der Waals surface area contributed by atoms with Crippen molar-refractivity contribution in [3.05, 3.63) is 64.4 Å². The number of anilines is 1. The third kappa shape index (κ3) is 3.95. The zero-order valence-corrected chi connectivity index (χ0v) is 13.8. The molecule has 7 heteroatoms. The predicted octanol–water partition coefficient (Wildman–Crippen LogP) is 3.92. The van der Waals surface area contributed by atoms with E-state index in [1.54, 1.807) is 18.2 Å². The monoisotopic (exact) mass is 372 g/mol. The van der Waals surface area contributed by atoms with Crippen molar-refractivity contribution in [2.45, 2.75) is 6.92 Å². The molecule has 0 saturated heterocycles. The van der Waals surface area contributed by atoms with E-state index in [1.807, 2.05) is 31.2 Å². The molecule has 0 aliphatic carbocycles. The first-order valence-electron chi connectivity index (χ1n) is 6.83. The maximum absolute atomic E-state index is 12.1. The molecular weight excluding hydrogens is 360 g/mol. The van der Waals surface area contributed by atoms with Crippen LogP contribution in [0, 0.1) is 6.92 Å². The zero-order chi connectivity index (χ0) is 16.2. The molecule has 0 saturated carbocycles. The third-order valence-corrected chi connectivity index (χ3v) is 3.46. The summed E-state index contributed by atoms with van der Waals surface area (Å²) >= 11 is 3.38. The van der Waals surface area contributed by atoms with Crippen LogP contribution in [0.15, 0.2) is 53.1 Å². The van der Waals surface area contributed by atoms with Crippen LogP contribution in [0.4, 0.5) is 5.82 Å². The van der Waals surface area contributed by atoms with Crippen LogP contribution in [0.3, 0.4) is 0 Å². The Morgan fingerprint density at radius 2 is 2.13 bits per heavy atom. The van der Waals surface area contributed by atoms with Gasteiger partial charge in [-0.15, -0.1) is 0 Å². The summed E-state index contributed by atoms with van der Waals surface area (Å²) in [7, 11) is 0. The van der Waals surface area contributed by atoms with Gasteiger partial charge >= 0.3 is 0 Å². The Morgan fingerprint density at radius 1 is 1.26 bits per heavy atom. The Morgan fingerprint density at radius 3 is 2.78 bits per heavy atom. The number of aryl methyl sites for hydroxylation is 1. The zero-order valence-electron chi connectivity index (χ0n) is 12.2. The van der Waals surface area contributed by atoms with Gasteiger partial charge in [-0.05, 0) is 31.2 Å². The van der Waals surface area contributed by atoms with Gasteiger partial charge in [0, 0.05) is 28.5 Å². The average Bonchev–Trinajstić information content (AvgIpc) is 2.93. The number of H-pyrrole nitrogens is 1. The minimum atomic E-state index is -0.280. The molecule has 0 fully saturated rings. The highest BCUT2D eigenvalue weighted by atomic mass is 79.9. The summed E-state index contributed by atoms with van der Waals surface area (Å²) in [6.07, 6.45) is 1.46. The number of pyridine rings is 1. The van der Waals surface area contributed by atoms with E-state index in [0.717, 1.165) is 10.2 Å². The van der Waals surface area contributed by atoms with Crippen LogP contribution in [0.25, 0.3) is 0 Å². The highest BCUT2D eigenvalue weighted by molar-refractivity contribution is 9.10.